The van der Waals surface area contributed by atoms with Crippen LogP contribution in [0.4, 0.5) is 5.69 Å². The summed E-state index contributed by atoms with van der Waals surface area (Å²) in [6.45, 7) is 0. The van der Waals surface area contributed by atoms with Gasteiger partial charge in [0.25, 0.3) is 0 Å². The molecule has 1 aromatic rings. The fraction of sp³-hybridized carbons (Fsp3) is 0.526. The maximum atomic E-state index is 13.0. The Bertz CT molecular complexity index is 736. The lowest BCUT2D eigenvalue weighted by atomic mass is 9.86. The zero-order chi connectivity index (χ0) is 17.9. The summed E-state index contributed by atoms with van der Waals surface area (Å²) in [5.41, 5.74) is 0.753. The number of hydrogen-bond donors (Lipinski definition) is 0. The molecule has 0 unspecified atom stereocenters. The van der Waals surface area contributed by atoms with Crippen molar-refractivity contribution in [1.29, 1.82) is 0 Å². The predicted molar refractivity (Wildman–Crippen MR) is 104 cm³/mol. The summed E-state index contributed by atoms with van der Waals surface area (Å²) in [7, 11) is -3.21. The minimum Gasteiger partial charge on any atom is -0.304 e. The molecule has 4 nitrogen and oxygen atoms in total. The molecule has 6 heteroatoms. The number of carbonyl (C=O) groups is 1. The molecule has 1 aliphatic carbocycles. The first-order chi connectivity index (χ1) is 11.9. The Morgan fingerprint density at radius 2 is 1.80 bits per heavy atom. The fourth-order valence-corrected chi connectivity index (χ4v) is 5.30. The van der Waals surface area contributed by atoms with Gasteiger partial charge >= 0.3 is 0 Å². The quantitative estimate of drug-likeness (QED) is 0.699. The molecule has 0 saturated heterocycles. The van der Waals surface area contributed by atoms with E-state index in [2.05, 4.69) is 15.9 Å². The van der Waals surface area contributed by atoms with Gasteiger partial charge in [-0.05, 0) is 42.7 Å². The maximum absolute atomic E-state index is 13.0. The van der Waals surface area contributed by atoms with E-state index in [0.29, 0.717) is 12.3 Å². The van der Waals surface area contributed by atoms with Crippen LogP contribution >= 0.6 is 15.9 Å². The number of carbonyl (C=O) groups excluding carboxylic acids is 1. The topological polar surface area (TPSA) is 54.5 Å². The third-order valence-electron chi connectivity index (χ3n) is 5.11. The Kier molecular flexibility index (Phi) is 6.00. The molecule has 1 aromatic carbocycles. The van der Waals surface area contributed by atoms with Gasteiger partial charge in [-0.3, -0.25) is 4.79 Å². The van der Waals surface area contributed by atoms with Crippen LogP contribution in [0.2, 0.25) is 0 Å². The highest BCUT2D eigenvalue weighted by Crippen LogP contribution is 2.30. The average Bonchev–Trinajstić information content (AvgIpc) is 2.95. The number of halogens is 1. The van der Waals surface area contributed by atoms with Gasteiger partial charge in [-0.25, -0.2) is 8.42 Å². The number of hydrogen-bond acceptors (Lipinski definition) is 3. The molecule has 1 atom stereocenters. The predicted octanol–water partition coefficient (Wildman–Crippen LogP) is 4.45. The SMILES string of the molecule is O=C(CCC1CCCCC1)N(c1ccc(Br)cc1)[C@@H]1C=CS(=O)(=O)C1. The van der Waals surface area contributed by atoms with Gasteiger partial charge in [0.15, 0.2) is 9.84 Å². The van der Waals surface area contributed by atoms with E-state index in [1.807, 2.05) is 24.3 Å². The van der Waals surface area contributed by atoms with Crippen molar-refractivity contribution in [3.8, 4) is 0 Å². The smallest absolute Gasteiger partial charge is 0.227 e. The molecule has 0 aromatic heterocycles. The summed E-state index contributed by atoms with van der Waals surface area (Å²) >= 11 is 3.40. The van der Waals surface area contributed by atoms with E-state index in [9.17, 15) is 13.2 Å². The van der Waals surface area contributed by atoms with Crippen molar-refractivity contribution < 1.29 is 13.2 Å². The van der Waals surface area contributed by atoms with Crippen molar-refractivity contribution in [1.82, 2.24) is 0 Å². The third-order valence-corrected chi connectivity index (χ3v) is 7.01. The van der Waals surface area contributed by atoms with E-state index in [1.165, 1.54) is 37.5 Å². The summed E-state index contributed by atoms with van der Waals surface area (Å²) in [5.74, 6) is 0.616. The fourth-order valence-electron chi connectivity index (χ4n) is 3.77. The molecule has 0 radical (unpaired) electrons. The molecule has 1 amide bonds. The van der Waals surface area contributed by atoms with Gasteiger partial charge < -0.3 is 4.90 Å². The van der Waals surface area contributed by atoms with Crippen LogP contribution in [0.15, 0.2) is 40.2 Å². The van der Waals surface area contributed by atoms with Gasteiger partial charge in [-0.15, -0.1) is 0 Å². The van der Waals surface area contributed by atoms with Crippen molar-refractivity contribution >= 4 is 37.4 Å². The minimum atomic E-state index is -3.21. The average molecular weight is 426 g/mol. The van der Waals surface area contributed by atoms with Crippen LogP contribution in [-0.2, 0) is 14.6 Å². The lowest BCUT2D eigenvalue weighted by Crippen LogP contribution is -2.41. The second-order valence-corrected chi connectivity index (χ2v) is 9.86. The van der Waals surface area contributed by atoms with Crippen molar-refractivity contribution in [2.75, 3.05) is 10.7 Å². The lowest BCUT2D eigenvalue weighted by Gasteiger charge is -2.29. The Morgan fingerprint density at radius 1 is 1.12 bits per heavy atom. The van der Waals surface area contributed by atoms with E-state index in [1.54, 1.807) is 11.0 Å². The van der Waals surface area contributed by atoms with E-state index < -0.39 is 15.9 Å². The summed E-state index contributed by atoms with van der Waals surface area (Å²) < 4.78 is 24.6. The van der Waals surface area contributed by atoms with Crippen molar-refractivity contribution in [3.05, 3.63) is 40.2 Å². The van der Waals surface area contributed by atoms with E-state index >= 15 is 0 Å². The van der Waals surface area contributed by atoms with Gasteiger partial charge in [0.05, 0.1) is 11.8 Å². The normalized spacial score (nSPS) is 22.8. The highest BCUT2D eigenvalue weighted by molar-refractivity contribution is 9.10. The number of anilines is 1. The molecular formula is C19H24BrNO3S. The minimum absolute atomic E-state index is 0.0136. The van der Waals surface area contributed by atoms with E-state index in [-0.39, 0.29) is 11.7 Å². The van der Waals surface area contributed by atoms with Crippen LogP contribution in [0.3, 0.4) is 0 Å². The van der Waals surface area contributed by atoms with Gasteiger partial charge in [0, 0.05) is 22.0 Å². The number of amides is 1. The van der Waals surface area contributed by atoms with Gasteiger partial charge in [-0.2, -0.15) is 0 Å². The van der Waals surface area contributed by atoms with Crippen LogP contribution in [0.5, 0.6) is 0 Å². The van der Waals surface area contributed by atoms with Crippen LogP contribution in [0.1, 0.15) is 44.9 Å². The second-order valence-electron chi connectivity index (χ2n) is 7.01. The maximum Gasteiger partial charge on any atom is 0.227 e. The van der Waals surface area contributed by atoms with Crippen LogP contribution in [0.25, 0.3) is 0 Å². The Morgan fingerprint density at radius 3 is 2.40 bits per heavy atom. The standard InChI is InChI=1S/C19H24BrNO3S/c20-16-7-9-17(10-8-16)21(18-12-13-25(23,24)14-18)19(22)11-6-15-4-2-1-3-5-15/h7-10,12-13,15,18H,1-6,11,14H2/t18-/m1/s1. The molecule has 1 heterocycles. The summed E-state index contributed by atoms with van der Waals surface area (Å²) in [6, 6.07) is 7.07. The zero-order valence-electron chi connectivity index (χ0n) is 14.2. The highest BCUT2D eigenvalue weighted by Gasteiger charge is 2.31. The Hall–Kier alpha value is -1.14. The molecule has 0 bridgehead atoms. The molecule has 0 N–H and O–H groups in total. The first kappa shape index (κ1) is 18.6. The van der Waals surface area contributed by atoms with Crippen molar-refractivity contribution in [3.63, 3.8) is 0 Å². The molecule has 25 heavy (non-hydrogen) atoms. The molecule has 136 valence electrons. The number of sulfone groups is 1. The molecule has 1 saturated carbocycles. The van der Waals surface area contributed by atoms with Crippen LogP contribution in [-0.4, -0.2) is 26.1 Å². The second kappa shape index (κ2) is 8.04. The number of rotatable bonds is 5. The molecular weight excluding hydrogens is 402 g/mol. The summed E-state index contributed by atoms with van der Waals surface area (Å²) in [6.07, 6.45) is 9.26. The summed E-state index contributed by atoms with van der Waals surface area (Å²) in [4.78, 5) is 14.6. The van der Waals surface area contributed by atoms with Gasteiger partial charge in [0.1, 0.15) is 0 Å². The highest BCUT2D eigenvalue weighted by atomic mass is 79.9. The van der Waals surface area contributed by atoms with Crippen molar-refractivity contribution in [2.45, 2.75) is 51.0 Å². The Balaban J connectivity index is 1.74. The van der Waals surface area contributed by atoms with Crippen LogP contribution in [0, 0.1) is 5.92 Å². The Labute approximate surface area is 158 Å². The zero-order valence-corrected chi connectivity index (χ0v) is 16.6. The molecule has 2 aliphatic rings. The van der Waals surface area contributed by atoms with E-state index in [4.69, 9.17) is 0 Å². The lowest BCUT2D eigenvalue weighted by molar-refractivity contribution is -0.119. The van der Waals surface area contributed by atoms with Crippen molar-refractivity contribution in [2.24, 2.45) is 5.92 Å². The van der Waals surface area contributed by atoms with E-state index in [0.717, 1.165) is 16.6 Å². The molecule has 1 aliphatic heterocycles. The van der Waals surface area contributed by atoms with Crippen LogP contribution < -0.4 is 4.90 Å². The largest absolute Gasteiger partial charge is 0.304 e. The molecule has 3 rings (SSSR count). The third kappa shape index (κ3) is 4.94. The number of benzene rings is 1. The van der Waals surface area contributed by atoms with Gasteiger partial charge in [-0.1, -0.05) is 48.0 Å². The molecule has 1 fully saturated rings. The number of nitrogens with zero attached hydrogens (tertiary/aromatic N) is 1. The first-order valence-electron chi connectivity index (χ1n) is 8.93. The monoisotopic (exact) mass is 425 g/mol. The van der Waals surface area contributed by atoms with Gasteiger partial charge in [0.2, 0.25) is 5.91 Å². The molecule has 0 spiro atoms. The summed E-state index contributed by atoms with van der Waals surface area (Å²) in [5, 5.41) is 1.23. The first-order valence-corrected chi connectivity index (χ1v) is 11.4.